The molecule has 0 radical (unpaired) electrons. The van der Waals surface area contributed by atoms with Crippen LogP contribution in [0.4, 0.5) is 0 Å². The zero-order valence-corrected chi connectivity index (χ0v) is 11.3. The summed E-state index contributed by atoms with van der Waals surface area (Å²) in [5.74, 6) is 0.838. The third-order valence-corrected chi connectivity index (χ3v) is 2.26. The second-order valence-electron chi connectivity index (χ2n) is 4.35. The molecule has 0 spiro atoms. The average Bonchev–Trinajstić information content (AvgIpc) is 2.15. The quantitative estimate of drug-likeness (QED) is 0.818. The molecule has 0 amide bonds. The first kappa shape index (κ1) is 13.5. The number of hydrogen-bond acceptors (Lipinski definition) is 3. The Morgan fingerprint density at radius 2 is 2.06 bits per heavy atom. The molecule has 4 heteroatoms. The van der Waals surface area contributed by atoms with E-state index in [1.165, 1.54) is 0 Å². The van der Waals surface area contributed by atoms with Crippen LogP contribution < -0.4 is 10.5 Å². The van der Waals surface area contributed by atoms with E-state index in [4.69, 9.17) is 15.2 Å². The predicted molar refractivity (Wildman–Crippen MR) is 68.7 cm³/mol. The summed E-state index contributed by atoms with van der Waals surface area (Å²) in [4.78, 5) is 0. The van der Waals surface area contributed by atoms with Crippen LogP contribution in [0.3, 0.4) is 0 Å². The highest BCUT2D eigenvalue weighted by atomic mass is 79.9. The van der Waals surface area contributed by atoms with Gasteiger partial charge < -0.3 is 15.2 Å². The van der Waals surface area contributed by atoms with E-state index in [1.54, 1.807) is 0 Å². The van der Waals surface area contributed by atoms with E-state index in [0.29, 0.717) is 19.8 Å². The predicted octanol–water partition coefficient (Wildman–Crippen LogP) is 2.58. The van der Waals surface area contributed by atoms with Gasteiger partial charge in [0.15, 0.2) is 0 Å². The maximum absolute atomic E-state index is 5.78. The molecule has 0 bridgehead atoms. The van der Waals surface area contributed by atoms with Gasteiger partial charge in [-0.3, -0.25) is 0 Å². The lowest BCUT2D eigenvalue weighted by molar-refractivity contribution is 0.0724. The molecule has 0 saturated carbocycles. The normalized spacial score (nSPS) is 11.5. The third kappa shape index (κ3) is 6.10. The molecule has 1 aromatic carbocycles. The fraction of sp³-hybridized carbons (Fsp3) is 0.500. The van der Waals surface area contributed by atoms with Gasteiger partial charge in [0.25, 0.3) is 0 Å². The molecule has 90 valence electrons. The summed E-state index contributed by atoms with van der Waals surface area (Å²) in [6.45, 7) is 5.48. The monoisotopic (exact) mass is 287 g/mol. The highest BCUT2D eigenvalue weighted by molar-refractivity contribution is 9.10. The molecule has 3 nitrogen and oxygen atoms in total. The lowest BCUT2D eigenvalue weighted by Crippen LogP contribution is -2.37. The molecule has 2 N–H and O–H groups in total. The topological polar surface area (TPSA) is 44.5 Å². The number of rotatable bonds is 6. The van der Waals surface area contributed by atoms with Crippen molar-refractivity contribution in [3.05, 3.63) is 28.7 Å². The molecule has 16 heavy (non-hydrogen) atoms. The summed E-state index contributed by atoms with van der Waals surface area (Å²) in [5.41, 5.74) is 5.49. The Labute approximate surface area is 105 Å². The van der Waals surface area contributed by atoms with Crippen molar-refractivity contribution in [2.24, 2.45) is 5.73 Å². The number of halogens is 1. The molecule has 0 atom stereocenters. The highest BCUT2D eigenvalue weighted by Crippen LogP contribution is 2.17. The Bertz CT molecular complexity index is 323. The molecule has 0 unspecified atom stereocenters. The lowest BCUT2D eigenvalue weighted by atomic mass is 10.1. The van der Waals surface area contributed by atoms with E-state index >= 15 is 0 Å². The molecule has 0 aliphatic carbocycles. The van der Waals surface area contributed by atoms with Crippen LogP contribution in [0.15, 0.2) is 28.7 Å². The maximum Gasteiger partial charge on any atom is 0.120 e. The smallest absolute Gasteiger partial charge is 0.120 e. The fourth-order valence-corrected chi connectivity index (χ4v) is 1.49. The summed E-state index contributed by atoms with van der Waals surface area (Å²) in [6, 6.07) is 7.73. The summed E-state index contributed by atoms with van der Waals surface area (Å²) in [6.07, 6.45) is 0. The van der Waals surface area contributed by atoms with Gasteiger partial charge in [-0.05, 0) is 32.0 Å². The molecule has 0 aliphatic rings. The van der Waals surface area contributed by atoms with E-state index in [-0.39, 0.29) is 5.54 Å². The Morgan fingerprint density at radius 3 is 2.69 bits per heavy atom. The summed E-state index contributed by atoms with van der Waals surface area (Å²) >= 11 is 3.38. The summed E-state index contributed by atoms with van der Waals surface area (Å²) in [7, 11) is 0. The van der Waals surface area contributed by atoms with Gasteiger partial charge in [-0.15, -0.1) is 0 Å². The molecule has 1 rings (SSSR count). The van der Waals surface area contributed by atoms with Crippen LogP contribution >= 0.6 is 15.9 Å². The van der Waals surface area contributed by atoms with Crippen molar-refractivity contribution in [2.75, 3.05) is 19.8 Å². The van der Waals surface area contributed by atoms with Gasteiger partial charge in [0.1, 0.15) is 12.4 Å². The standard InChI is InChI=1S/C12H18BrNO2/c1-12(2,14)9-15-6-7-16-11-5-3-4-10(13)8-11/h3-5,8H,6-7,9,14H2,1-2H3. The Kier molecular flexibility index (Phi) is 5.25. The summed E-state index contributed by atoms with van der Waals surface area (Å²) < 4.78 is 11.9. The van der Waals surface area contributed by atoms with E-state index in [1.807, 2.05) is 38.1 Å². The van der Waals surface area contributed by atoms with Crippen LogP contribution in [0, 0.1) is 0 Å². The van der Waals surface area contributed by atoms with Crippen molar-refractivity contribution in [1.29, 1.82) is 0 Å². The van der Waals surface area contributed by atoms with Gasteiger partial charge in [-0.2, -0.15) is 0 Å². The Balaban J connectivity index is 2.17. The van der Waals surface area contributed by atoms with E-state index in [0.717, 1.165) is 10.2 Å². The van der Waals surface area contributed by atoms with Crippen molar-refractivity contribution >= 4 is 15.9 Å². The average molecular weight is 288 g/mol. The van der Waals surface area contributed by atoms with Crippen LogP contribution in [0.5, 0.6) is 5.75 Å². The Morgan fingerprint density at radius 1 is 1.31 bits per heavy atom. The SMILES string of the molecule is CC(C)(N)COCCOc1cccc(Br)c1. The first-order chi connectivity index (χ1) is 7.47. The first-order valence-corrected chi connectivity index (χ1v) is 6.02. The molecular formula is C12H18BrNO2. The zero-order chi connectivity index (χ0) is 12.0. The van der Waals surface area contributed by atoms with Gasteiger partial charge in [0, 0.05) is 10.0 Å². The van der Waals surface area contributed by atoms with Crippen LogP contribution in [0.2, 0.25) is 0 Å². The van der Waals surface area contributed by atoms with Crippen molar-refractivity contribution < 1.29 is 9.47 Å². The van der Waals surface area contributed by atoms with Gasteiger partial charge in [-0.25, -0.2) is 0 Å². The number of nitrogens with two attached hydrogens (primary N) is 1. The van der Waals surface area contributed by atoms with Crippen LogP contribution in [0.25, 0.3) is 0 Å². The van der Waals surface area contributed by atoms with Crippen molar-refractivity contribution in [3.63, 3.8) is 0 Å². The zero-order valence-electron chi connectivity index (χ0n) is 9.70. The molecule has 1 aromatic rings. The molecule has 0 saturated heterocycles. The molecule has 0 aliphatic heterocycles. The van der Waals surface area contributed by atoms with Crippen LogP contribution in [-0.2, 0) is 4.74 Å². The van der Waals surface area contributed by atoms with Gasteiger partial charge in [0.05, 0.1) is 13.2 Å². The number of benzene rings is 1. The highest BCUT2D eigenvalue weighted by Gasteiger charge is 2.09. The van der Waals surface area contributed by atoms with Gasteiger partial charge >= 0.3 is 0 Å². The van der Waals surface area contributed by atoms with Crippen molar-refractivity contribution in [2.45, 2.75) is 19.4 Å². The van der Waals surface area contributed by atoms with Gasteiger partial charge in [0.2, 0.25) is 0 Å². The largest absolute Gasteiger partial charge is 0.491 e. The van der Waals surface area contributed by atoms with Crippen molar-refractivity contribution in [3.8, 4) is 5.75 Å². The van der Waals surface area contributed by atoms with E-state index in [2.05, 4.69) is 15.9 Å². The summed E-state index contributed by atoms with van der Waals surface area (Å²) in [5, 5.41) is 0. The van der Waals surface area contributed by atoms with Gasteiger partial charge in [-0.1, -0.05) is 22.0 Å². The molecule has 0 heterocycles. The number of hydrogen-bond donors (Lipinski definition) is 1. The number of ether oxygens (including phenoxy) is 2. The lowest BCUT2D eigenvalue weighted by Gasteiger charge is -2.18. The second-order valence-corrected chi connectivity index (χ2v) is 5.26. The minimum absolute atomic E-state index is 0.282. The van der Waals surface area contributed by atoms with Crippen molar-refractivity contribution in [1.82, 2.24) is 0 Å². The van der Waals surface area contributed by atoms with E-state index < -0.39 is 0 Å². The van der Waals surface area contributed by atoms with Crippen LogP contribution in [-0.4, -0.2) is 25.4 Å². The molecule has 0 fully saturated rings. The maximum atomic E-state index is 5.78. The Hall–Kier alpha value is -0.580. The fourth-order valence-electron chi connectivity index (χ4n) is 1.11. The first-order valence-electron chi connectivity index (χ1n) is 5.22. The minimum atomic E-state index is -0.282. The minimum Gasteiger partial charge on any atom is -0.491 e. The van der Waals surface area contributed by atoms with Crippen LogP contribution in [0.1, 0.15) is 13.8 Å². The second kappa shape index (κ2) is 6.23. The molecular weight excluding hydrogens is 270 g/mol. The third-order valence-electron chi connectivity index (χ3n) is 1.77. The van der Waals surface area contributed by atoms with E-state index in [9.17, 15) is 0 Å². The molecule has 0 aromatic heterocycles.